The number of hydrogen-bond donors (Lipinski definition) is 1. The summed E-state index contributed by atoms with van der Waals surface area (Å²) in [6.45, 7) is 6.82. The molecule has 28 heavy (non-hydrogen) atoms. The third kappa shape index (κ3) is 4.44. The second-order valence-electron chi connectivity index (χ2n) is 6.81. The number of nitrogens with one attached hydrogen (secondary N) is 1. The van der Waals surface area contributed by atoms with Crippen molar-refractivity contribution in [1.29, 1.82) is 0 Å². The van der Waals surface area contributed by atoms with Crippen LogP contribution in [-0.2, 0) is 4.79 Å². The Labute approximate surface area is 169 Å². The topological polar surface area (TPSA) is 64.0 Å². The molecule has 0 atom stereocenters. The van der Waals surface area contributed by atoms with Crippen molar-refractivity contribution < 1.29 is 4.79 Å². The van der Waals surface area contributed by atoms with Gasteiger partial charge in [-0.1, -0.05) is 43.3 Å². The number of amides is 1. The average molecular weight is 396 g/mol. The fraction of sp³-hybridized carbons (Fsp3) is 0.318. The number of rotatable bonds is 7. The molecule has 0 radical (unpaired) electrons. The predicted octanol–water partition coefficient (Wildman–Crippen LogP) is 4.01. The summed E-state index contributed by atoms with van der Waals surface area (Å²) >= 11 is 1.29. The van der Waals surface area contributed by atoms with Gasteiger partial charge < -0.3 is 5.32 Å². The van der Waals surface area contributed by atoms with Crippen LogP contribution in [0.4, 0.5) is 0 Å². The van der Waals surface area contributed by atoms with Crippen molar-refractivity contribution in [2.24, 2.45) is 0 Å². The maximum Gasteiger partial charge on any atom is 0.266 e. The molecule has 146 valence electrons. The van der Waals surface area contributed by atoms with Crippen LogP contribution in [0.5, 0.6) is 0 Å². The number of thioether (sulfide) groups is 1. The normalized spacial score (nSPS) is 11.0. The van der Waals surface area contributed by atoms with E-state index in [9.17, 15) is 9.59 Å². The second kappa shape index (κ2) is 9.06. The number of unbranched alkanes of at least 4 members (excludes halogenated alkanes) is 1. The van der Waals surface area contributed by atoms with Crippen LogP contribution in [0.2, 0.25) is 0 Å². The molecule has 1 heterocycles. The van der Waals surface area contributed by atoms with Crippen LogP contribution >= 0.6 is 11.8 Å². The number of aromatic nitrogens is 2. The number of carbonyl (C=O) groups excluding carboxylic acids is 1. The fourth-order valence-corrected chi connectivity index (χ4v) is 3.73. The average Bonchev–Trinajstić information content (AvgIpc) is 2.69. The molecule has 0 aliphatic heterocycles. The summed E-state index contributed by atoms with van der Waals surface area (Å²) < 4.78 is 1.61. The first-order valence-corrected chi connectivity index (χ1v) is 10.5. The Balaban J connectivity index is 2.01. The molecule has 0 aliphatic carbocycles. The zero-order valence-electron chi connectivity index (χ0n) is 16.5. The molecule has 0 saturated carbocycles. The molecule has 3 rings (SSSR count). The number of carbonyl (C=O) groups is 1. The first-order chi connectivity index (χ1) is 13.5. The van der Waals surface area contributed by atoms with E-state index in [-0.39, 0.29) is 17.2 Å². The molecule has 0 fully saturated rings. The number of benzene rings is 2. The van der Waals surface area contributed by atoms with Gasteiger partial charge in [-0.15, -0.1) is 0 Å². The summed E-state index contributed by atoms with van der Waals surface area (Å²) in [4.78, 5) is 30.0. The van der Waals surface area contributed by atoms with Crippen molar-refractivity contribution in [2.45, 2.75) is 38.8 Å². The minimum absolute atomic E-state index is 0.0486. The van der Waals surface area contributed by atoms with Gasteiger partial charge in [-0.3, -0.25) is 14.2 Å². The molecule has 2 aromatic carbocycles. The Hall–Kier alpha value is -2.60. The molecule has 5 nitrogen and oxygen atoms in total. The first-order valence-electron chi connectivity index (χ1n) is 9.50. The zero-order valence-corrected chi connectivity index (χ0v) is 17.3. The molecule has 6 heteroatoms. The van der Waals surface area contributed by atoms with Crippen LogP contribution in [-0.4, -0.2) is 27.8 Å². The zero-order chi connectivity index (χ0) is 20.1. The van der Waals surface area contributed by atoms with Gasteiger partial charge in [-0.2, -0.15) is 0 Å². The molecular formula is C22H25N3O2S. The van der Waals surface area contributed by atoms with E-state index < -0.39 is 0 Å². The quantitative estimate of drug-likeness (QED) is 0.373. The number of hydrogen-bond acceptors (Lipinski definition) is 4. The van der Waals surface area contributed by atoms with Gasteiger partial charge in [0.1, 0.15) is 0 Å². The summed E-state index contributed by atoms with van der Waals surface area (Å²) in [7, 11) is 0. The molecule has 0 unspecified atom stereocenters. The number of para-hydroxylation sites is 1. The molecule has 0 bridgehead atoms. The van der Waals surface area contributed by atoms with Crippen molar-refractivity contribution in [2.75, 3.05) is 12.3 Å². The van der Waals surface area contributed by atoms with E-state index in [0.29, 0.717) is 22.6 Å². The van der Waals surface area contributed by atoms with Crippen molar-refractivity contribution in [1.82, 2.24) is 14.9 Å². The highest BCUT2D eigenvalue weighted by Crippen LogP contribution is 2.22. The molecule has 0 aliphatic rings. The molecule has 3 aromatic rings. The largest absolute Gasteiger partial charge is 0.355 e. The lowest BCUT2D eigenvalue weighted by atomic mass is 10.1. The Morgan fingerprint density at radius 3 is 2.68 bits per heavy atom. The van der Waals surface area contributed by atoms with Gasteiger partial charge in [-0.05, 0) is 55.7 Å². The van der Waals surface area contributed by atoms with Crippen LogP contribution < -0.4 is 10.9 Å². The molecule has 1 N–H and O–H groups in total. The molecule has 1 aromatic heterocycles. The van der Waals surface area contributed by atoms with Crippen LogP contribution in [0.3, 0.4) is 0 Å². The Bertz CT molecular complexity index is 1060. The summed E-state index contributed by atoms with van der Waals surface area (Å²) in [6, 6.07) is 13.2. The summed E-state index contributed by atoms with van der Waals surface area (Å²) in [5, 5.41) is 4.00. The summed E-state index contributed by atoms with van der Waals surface area (Å²) in [5.74, 6) is 0.173. The highest BCUT2D eigenvalue weighted by atomic mass is 32.2. The fourth-order valence-electron chi connectivity index (χ4n) is 2.89. The van der Waals surface area contributed by atoms with Crippen molar-refractivity contribution in [3.05, 3.63) is 63.9 Å². The van der Waals surface area contributed by atoms with Crippen molar-refractivity contribution >= 4 is 28.6 Å². The number of fused-ring (bicyclic) bond motifs is 1. The third-order valence-electron chi connectivity index (χ3n) is 4.68. The molecular weight excluding hydrogens is 370 g/mol. The van der Waals surface area contributed by atoms with Gasteiger partial charge >= 0.3 is 0 Å². The van der Waals surface area contributed by atoms with Gasteiger partial charge in [0.05, 0.1) is 22.3 Å². The van der Waals surface area contributed by atoms with E-state index >= 15 is 0 Å². The van der Waals surface area contributed by atoms with Crippen LogP contribution in [0.15, 0.2) is 52.4 Å². The maximum atomic E-state index is 13.2. The Morgan fingerprint density at radius 1 is 1.14 bits per heavy atom. The van der Waals surface area contributed by atoms with Crippen LogP contribution in [0, 0.1) is 13.8 Å². The number of aryl methyl sites for hydroxylation is 2. The van der Waals surface area contributed by atoms with E-state index in [2.05, 4.69) is 17.2 Å². The van der Waals surface area contributed by atoms with Crippen molar-refractivity contribution in [3.63, 3.8) is 0 Å². The Morgan fingerprint density at radius 2 is 1.93 bits per heavy atom. The maximum absolute atomic E-state index is 13.2. The van der Waals surface area contributed by atoms with Gasteiger partial charge in [0.25, 0.3) is 5.56 Å². The van der Waals surface area contributed by atoms with Gasteiger partial charge in [0, 0.05) is 6.54 Å². The number of nitrogens with zero attached hydrogens (tertiary/aromatic N) is 2. The summed E-state index contributed by atoms with van der Waals surface area (Å²) in [6.07, 6.45) is 1.99. The van der Waals surface area contributed by atoms with E-state index in [0.717, 1.165) is 29.7 Å². The van der Waals surface area contributed by atoms with Gasteiger partial charge in [-0.25, -0.2) is 4.98 Å². The van der Waals surface area contributed by atoms with Gasteiger partial charge in [0.2, 0.25) is 5.91 Å². The smallest absolute Gasteiger partial charge is 0.266 e. The van der Waals surface area contributed by atoms with E-state index in [1.165, 1.54) is 11.8 Å². The lowest BCUT2D eigenvalue weighted by Gasteiger charge is -2.14. The first kappa shape index (κ1) is 20.1. The Kier molecular flexibility index (Phi) is 6.52. The van der Waals surface area contributed by atoms with E-state index in [1.807, 2.05) is 50.2 Å². The standard InChI is InChI=1S/C22H25N3O2S/c1-4-5-12-23-20(26)14-28-22-24-19-9-7-6-8-18(19)21(27)25(22)17-11-10-15(2)16(3)13-17/h6-11,13H,4-5,12,14H2,1-3H3,(H,23,26). The predicted molar refractivity (Wildman–Crippen MR) is 115 cm³/mol. The van der Waals surface area contributed by atoms with E-state index in [1.54, 1.807) is 10.6 Å². The van der Waals surface area contributed by atoms with Crippen LogP contribution in [0.25, 0.3) is 16.6 Å². The lowest BCUT2D eigenvalue weighted by Crippen LogP contribution is -2.27. The minimum Gasteiger partial charge on any atom is -0.355 e. The van der Waals surface area contributed by atoms with Crippen molar-refractivity contribution in [3.8, 4) is 5.69 Å². The summed E-state index contributed by atoms with van der Waals surface area (Å²) in [5.41, 5.74) is 3.55. The van der Waals surface area contributed by atoms with Crippen LogP contribution in [0.1, 0.15) is 30.9 Å². The second-order valence-corrected chi connectivity index (χ2v) is 7.76. The molecule has 0 spiro atoms. The monoisotopic (exact) mass is 395 g/mol. The lowest BCUT2D eigenvalue weighted by molar-refractivity contribution is -0.118. The third-order valence-corrected chi connectivity index (χ3v) is 5.62. The molecule has 0 saturated heterocycles. The molecule has 1 amide bonds. The highest BCUT2D eigenvalue weighted by Gasteiger charge is 2.15. The highest BCUT2D eigenvalue weighted by molar-refractivity contribution is 7.99. The SMILES string of the molecule is CCCCNC(=O)CSc1nc2ccccc2c(=O)n1-c1ccc(C)c(C)c1. The van der Waals surface area contributed by atoms with Gasteiger partial charge in [0.15, 0.2) is 5.16 Å². The minimum atomic E-state index is -0.122. The van der Waals surface area contributed by atoms with E-state index in [4.69, 9.17) is 0 Å².